The molecule has 0 heterocycles. The molecule has 0 aromatic heterocycles. The average molecular weight is 146 g/mol. The molecule has 0 atom stereocenters. The number of benzene rings is 1. The van der Waals surface area contributed by atoms with Gasteiger partial charge in [0.15, 0.2) is 0 Å². The van der Waals surface area contributed by atoms with Crippen LogP contribution in [0.2, 0.25) is 0 Å². The van der Waals surface area contributed by atoms with Crippen LogP contribution in [0.4, 0.5) is 5.69 Å². The lowest BCUT2D eigenvalue weighted by molar-refractivity contribution is 1.21. The minimum absolute atomic E-state index is 0.896. The van der Waals surface area contributed by atoms with E-state index in [1.165, 1.54) is 6.20 Å². The summed E-state index contributed by atoms with van der Waals surface area (Å²) in [6.45, 7) is 5.44. The molecule has 1 aromatic carbocycles. The van der Waals surface area contributed by atoms with Crippen molar-refractivity contribution < 1.29 is 0 Å². The fourth-order valence-corrected chi connectivity index (χ4v) is 0.779. The Morgan fingerprint density at radius 3 is 2.73 bits per heavy atom. The molecule has 2 heteroatoms. The van der Waals surface area contributed by atoms with Crippen LogP contribution in [-0.4, -0.2) is 0 Å². The summed E-state index contributed by atoms with van der Waals surface area (Å²) in [4.78, 5) is 0. The van der Waals surface area contributed by atoms with Crippen molar-refractivity contribution in [2.45, 2.75) is 6.92 Å². The van der Waals surface area contributed by atoms with Crippen molar-refractivity contribution in [2.24, 2.45) is 10.2 Å². The van der Waals surface area contributed by atoms with Crippen molar-refractivity contribution >= 4 is 5.69 Å². The third kappa shape index (κ3) is 2.00. The van der Waals surface area contributed by atoms with Gasteiger partial charge < -0.3 is 0 Å². The molecular formula is C9H10N2. The molecule has 11 heavy (non-hydrogen) atoms. The second-order valence-electron chi connectivity index (χ2n) is 2.18. The lowest BCUT2D eigenvalue weighted by Gasteiger charge is -1.94. The fraction of sp³-hybridized carbons (Fsp3) is 0.111. The standard InChI is InChI=1S/C9H10N2/c1-3-10-11-9-7-5-4-6-8(9)2/h3-7H,1H2,2H3. The van der Waals surface area contributed by atoms with Gasteiger partial charge in [-0.2, -0.15) is 10.2 Å². The topological polar surface area (TPSA) is 24.7 Å². The number of azo groups is 1. The summed E-state index contributed by atoms with van der Waals surface area (Å²) >= 11 is 0. The molecule has 0 N–H and O–H groups in total. The first-order valence-corrected chi connectivity index (χ1v) is 3.42. The molecule has 0 fully saturated rings. The van der Waals surface area contributed by atoms with Gasteiger partial charge in [-0.1, -0.05) is 24.8 Å². The Bertz CT molecular complexity index is 277. The molecule has 0 radical (unpaired) electrons. The van der Waals surface area contributed by atoms with Crippen LogP contribution in [0.25, 0.3) is 0 Å². The Morgan fingerprint density at radius 1 is 1.36 bits per heavy atom. The van der Waals surface area contributed by atoms with Gasteiger partial charge in [-0.05, 0) is 18.6 Å². The molecule has 0 saturated carbocycles. The van der Waals surface area contributed by atoms with Crippen molar-refractivity contribution in [1.29, 1.82) is 0 Å². The first-order chi connectivity index (χ1) is 5.34. The maximum Gasteiger partial charge on any atom is 0.0885 e. The van der Waals surface area contributed by atoms with Crippen LogP contribution in [0, 0.1) is 6.92 Å². The van der Waals surface area contributed by atoms with Gasteiger partial charge in [0.1, 0.15) is 0 Å². The number of rotatable bonds is 2. The van der Waals surface area contributed by atoms with Gasteiger partial charge in [0.25, 0.3) is 0 Å². The summed E-state index contributed by atoms with van der Waals surface area (Å²) in [6, 6.07) is 7.83. The molecule has 0 aliphatic rings. The smallest absolute Gasteiger partial charge is 0.0885 e. The molecule has 0 unspecified atom stereocenters. The van der Waals surface area contributed by atoms with Crippen LogP contribution in [0.1, 0.15) is 5.56 Å². The van der Waals surface area contributed by atoms with Gasteiger partial charge in [-0.25, -0.2) is 0 Å². The van der Waals surface area contributed by atoms with E-state index in [1.807, 2.05) is 31.2 Å². The molecule has 0 saturated heterocycles. The Labute approximate surface area is 66.3 Å². The third-order valence-corrected chi connectivity index (χ3v) is 1.36. The number of hydrogen-bond donors (Lipinski definition) is 0. The van der Waals surface area contributed by atoms with E-state index < -0.39 is 0 Å². The maximum absolute atomic E-state index is 3.93. The van der Waals surface area contributed by atoms with Crippen molar-refractivity contribution in [3.8, 4) is 0 Å². The predicted molar refractivity (Wildman–Crippen MR) is 45.9 cm³/mol. The van der Waals surface area contributed by atoms with E-state index in [0.717, 1.165) is 11.3 Å². The summed E-state index contributed by atoms with van der Waals surface area (Å²) in [6.07, 6.45) is 1.42. The zero-order valence-corrected chi connectivity index (χ0v) is 6.49. The van der Waals surface area contributed by atoms with Gasteiger partial charge in [-0.3, -0.25) is 0 Å². The lowest BCUT2D eigenvalue weighted by atomic mass is 10.2. The SMILES string of the molecule is C=CN=Nc1ccccc1C. The first kappa shape index (κ1) is 7.66. The largest absolute Gasteiger partial charge is 0.159 e. The second kappa shape index (κ2) is 3.66. The molecule has 1 aromatic rings. The summed E-state index contributed by atoms with van der Waals surface area (Å²) in [5.74, 6) is 0. The van der Waals surface area contributed by atoms with Crippen molar-refractivity contribution in [2.75, 3.05) is 0 Å². The second-order valence-corrected chi connectivity index (χ2v) is 2.18. The Hall–Kier alpha value is -1.44. The molecular weight excluding hydrogens is 136 g/mol. The van der Waals surface area contributed by atoms with E-state index in [4.69, 9.17) is 0 Å². The van der Waals surface area contributed by atoms with Crippen LogP contribution in [0.5, 0.6) is 0 Å². The molecule has 0 aliphatic heterocycles. The molecule has 2 nitrogen and oxygen atoms in total. The van der Waals surface area contributed by atoms with Crippen molar-refractivity contribution in [3.05, 3.63) is 42.6 Å². The van der Waals surface area contributed by atoms with Crippen molar-refractivity contribution in [3.63, 3.8) is 0 Å². The van der Waals surface area contributed by atoms with E-state index in [-0.39, 0.29) is 0 Å². The van der Waals surface area contributed by atoms with E-state index in [2.05, 4.69) is 16.8 Å². The van der Waals surface area contributed by atoms with Gasteiger partial charge in [0.2, 0.25) is 0 Å². The van der Waals surface area contributed by atoms with Crippen LogP contribution < -0.4 is 0 Å². The maximum atomic E-state index is 3.93. The Kier molecular flexibility index (Phi) is 2.55. The van der Waals surface area contributed by atoms with Gasteiger partial charge >= 0.3 is 0 Å². The van der Waals surface area contributed by atoms with Crippen LogP contribution in [-0.2, 0) is 0 Å². The van der Waals surface area contributed by atoms with E-state index >= 15 is 0 Å². The van der Waals surface area contributed by atoms with Crippen molar-refractivity contribution in [1.82, 2.24) is 0 Å². The number of aryl methyl sites for hydroxylation is 1. The fourth-order valence-electron chi connectivity index (χ4n) is 0.779. The summed E-state index contributed by atoms with van der Waals surface area (Å²) in [7, 11) is 0. The Morgan fingerprint density at radius 2 is 2.09 bits per heavy atom. The Balaban J connectivity index is 2.94. The minimum atomic E-state index is 0.896. The highest BCUT2D eigenvalue weighted by atomic mass is 15.1. The molecule has 56 valence electrons. The highest BCUT2D eigenvalue weighted by Gasteiger charge is 1.90. The molecule has 0 bridgehead atoms. The highest BCUT2D eigenvalue weighted by molar-refractivity contribution is 5.43. The zero-order chi connectivity index (χ0) is 8.10. The first-order valence-electron chi connectivity index (χ1n) is 3.42. The zero-order valence-electron chi connectivity index (χ0n) is 6.49. The summed E-state index contributed by atoms with van der Waals surface area (Å²) < 4.78 is 0. The van der Waals surface area contributed by atoms with Crippen LogP contribution >= 0.6 is 0 Å². The summed E-state index contributed by atoms with van der Waals surface area (Å²) in [5.41, 5.74) is 2.02. The molecule has 0 aliphatic carbocycles. The quantitative estimate of drug-likeness (QED) is 0.572. The number of nitrogens with zero attached hydrogens (tertiary/aromatic N) is 2. The highest BCUT2D eigenvalue weighted by Crippen LogP contribution is 2.16. The van der Waals surface area contributed by atoms with Gasteiger partial charge in [0.05, 0.1) is 5.69 Å². The number of hydrogen-bond acceptors (Lipinski definition) is 2. The third-order valence-electron chi connectivity index (χ3n) is 1.36. The van der Waals surface area contributed by atoms with Crippen LogP contribution in [0.3, 0.4) is 0 Å². The molecule has 0 amide bonds. The van der Waals surface area contributed by atoms with E-state index in [9.17, 15) is 0 Å². The van der Waals surface area contributed by atoms with E-state index in [1.54, 1.807) is 0 Å². The minimum Gasteiger partial charge on any atom is -0.159 e. The monoisotopic (exact) mass is 146 g/mol. The van der Waals surface area contributed by atoms with E-state index in [0.29, 0.717) is 0 Å². The normalized spacial score (nSPS) is 10.3. The molecule has 1 rings (SSSR count). The van der Waals surface area contributed by atoms with Gasteiger partial charge in [-0.15, -0.1) is 0 Å². The molecule has 0 spiro atoms. The lowest BCUT2D eigenvalue weighted by Crippen LogP contribution is -1.69. The van der Waals surface area contributed by atoms with Crippen LogP contribution in [0.15, 0.2) is 47.3 Å². The van der Waals surface area contributed by atoms with Gasteiger partial charge in [0, 0.05) is 6.20 Å². The summed E-state index contributed by atoms with van der Waals surface area (Å²) in [5, 5.41) is 7.62. The average Bonchev–Trinajstić information content (AvgIpc) is 2.03. The predicted octanol–water partition coefficient (Wildman–Crippen LogP) is 3.22.